The number of hydrogen-bond acceptors (Lipinski definition) is 3. The highest BCUT2D eigenvalue weighted by molar-refractivity contribution is 6.43. The number of hydrogen-bond donors (Lipinski definition) is 1. The van der Waals surface area contributed by atoms with Gasteiger partial charge in [0.1, 0.15) is 10.6 Å². The summed E-state index contributed by atoms with van der Waals surface area (Å²) in [5, 5.41) is 3.15. The number of benzene rings is 1. The molecule has 4 nitrogen and oxygen atoms in total. The number of carbonyl (C=O) groups excluding carboxylic acids is 1. The standard InChI is InChI=1S/C12H15Cl2NO3/c1-12(2,3)18-11(16)15-8-6-5-7(13)9(14)10(8)17-4/h5-6H,1-4H3,(H,15,16). The van der Waals surface area contributed by atoms with Crippen LogP contribution in [0.1, 0.15) is 20.8 Å². The quantitative estimate of drug-likeness (QED) is 0.881. The second kappa shape index (κ2) is 5.67. The molecule has 0 radical (unpaired) electrons. The molecule has 0 aliphatic heterocycles. The Bertz CT molecular complexity index is 455. The van der Waals surface area contributed by atoms with Crippen LogP contribution in [-0.4, -0.2) is 18.8 Å². The summed E-state index contributed by atoms with van der Waals surface area (Å²) in [5.41, 5.74) is -0.172. The molecule has 0 atom stereocenters. The molecule has 1 amide bonds. The van der Waals surface area contributed by atoms with Gasteiger partial charge in [-0.2, -0.15) is 0 Å². The molecule has 0 saturated heterocycles. The van der Waals surface area contributed by atoms with Crippen molar-refractivity contribution >= 4 is 35.0 Å². The molecule has 0 fully saturated rings. The monoisotopic (exact) mass is 291 g/mol. The molecule has 1 rings (SSSR count). The minimum Gasteiger partial charge on any atom is -0.493 e. The van der Waals surface area contributed by atoms with Crippen LogP contribution in [0.2, 0.25) is 10.0 Å². The molecule has 1 aromatic carbocycles. The summed E-state index contributed by atoms with van der Waals surface area (Å²) in [6.45, 7) is 5.33. The molecule has 18 heavy (non-hydrogen) atoms. The zero-order chi connectivity index (χ0) is 13.9. The van der Waals surface area contributed by atoms with E-state index in [9.17, 15) is 4.79 Å². The number of methoxy groups -OCH3 is 1. The molecule has 1 aromatic rings. The van der Waals surface area contributed by atoms with E-state index in [1.54, 1.807) is 32.9 Å². The Morgan fingerprint density at radius 2 is 1.89 bits per heavy atom. The molecule has 0 aliphatic rings. The Hall–Kier alpha value is -1.13. The lowest BCUT2D eigenvalue weighted by Gasteiger charge is -2.20. The highest BCUT2D eigenvalue weighted by Crippen LogP contribution is 2.38. The SMILES string of the molecule is COc1c(NC(=O)OC(C)(C)C)ccc(Cl)c1Cl. The van der Waals surface area contributed by atoms with Crippen molar-refractivity contribution in [3.8, 4) is 5.75 Å². The van der Waals surface area contributed by atoms with Gasteiger partial charge in [0.15, 0.2) is 5.75 Å². The molecule has 0 unspecified atom stereocenters. The molecule has 6 heteroatoms. The van der Waals surface area contributed by atoms with Gasteiger partial charge < -0.3 is 9.47 Å². The molecule has 100 valence electrons. The van der Waals surface area contributed by atoms with Gasteiger partial charge in [-0.15, -0.1) is 0 Å². The Labute approximate surface area is 116 Å². The zero-order valence-electron chi connectivity index (χ0n) is 10.6. The van der Waals surface area contributed by atoms with Crippen LogP contribution in [0, 0.1) is 0 Å². The predicted octanol–water partition coefficient (Wildman–Crippen LogP) is 4.35. The Morgan fingerprint density at radius 3 is 2.39 bits per heavy atom. The molecule has 0 saturated carbocycles. The summed E-state index contributed by atoms with van der Waals surface area (Å²) in [7, 11) is 1.44. The maximum absolute atomic E-state index is 11.6. The van der Waals surface area contributed by atoms with Crippen molar-refractivity contribution in [2.75, 3.05) is 12.4 Å². The number of carbonyl (C=O) groups is 1. The van der Waals surface area contributed by atoms with Crippen LogP contribution in [0.15, 0.2) is 12.1 Å². The topological polar surface area (TPSA) is 47.6 Å². The largest absolute Gasteiger partial charge is 0.493 e. The number of anilines is 1. The van der Waals surface area contributed by atoms with E-state index in [1.807, 2.05) is 0 Å². The fourth-order valence-corrected chi connectivity index (χ4v) is 1.63. The fraction of sp³-hybridized carbons (Fsp3) is 0.417. The van der Waals surface area contributed by atoms with E-state index in [4.69, 9.17) is 32.7 Å². The second-order valence-electron chi connectivity index (χ2n) is 4.57. The summed E-state index contributed by atoms with van der Waals surface area (Å²) in [5.74, 6) is 0.301. The highest BCUT2D eigenvalue weighted by Gasteiger charge is 2.19. The number of nitrogens with one attached hydrogen (secondary N) is 1. The minimum atomic E-state index is -0.584. The molecular weight excluding hydrogens is 277 g/mol. The van der Waals surface area contributed by atoms with Gasteiger partial charge in [0, 0.05) is 0 Å². The summed E-state index contributed by atoms with van der Waals surface area (Å²) in [4.78, 5) is 11.6. The number of ether oxygens (including phenoxy) is 2. The first-order chi connectivity index (χ1) is 8.24. The van der Waals surface area contributed by atoms with Crippen molar-refractivity contribution < 1.29 is 14.3 Å². The van der Waals surface area contributed by atoms with Gasteiger partial charge in [0.05, 0.1) is 17.8 Å². The van der Waals surface area contributed by atoms with Crippen LogP contribution in [0.25, 0.3) is 0 Å². The molecule has 0 heterocycles. The van der Waals surface area contributed by atoms with E-state index in [0.717, 1.165) is 0 Å². The molecule has 0 aliphatic carbocycles. The molecule has 0 spiro atoms. The molecule has 0 aromatic heterocycles. The van der Waals surface area contributed by atoms with Crippen molar-refractivity contribution in [3.05, 3.63) is 22.2 Å². The smallest absolute Gasteiger partial charge is 0.412 e. The number of amides is 1. The van der Waals surface area contributed by atoms with E-state index in [-0.39, 0.29) is 5.02 Å². The summed E-state index contributed by atoms with van der Waals surface area (Å²) in [6.07, 6.45) is -0.584. The Morgan fingerprint density at radius 1 is 1.28 bits per heavy atom. The van der Waals surface area contributed by atoms with Gasteiger partial charge in [-0.3, -0.25) is 5.32 Å². The first-order valence-corrected chi connectivity index (χ1v) is 6.02. The third kappa shape index (κ3) is 3.96. The van der Waals surface area contributed by atoms with E-state index >= 15 is 0 Å². The molecule has 1 N–H and O–H groups in total. The highest BCUT2D eigenvalue weighted by atomic mass is 35.5. The normalized spacial score (nSPS) is 11.0. The number of rotatable bonds is 2. The average Bonchev–Trinajstić information content (AvgIpc) is 2.21. The lowest BCUT2D eigenvalue weighted by molar-refractivity contribution is 0.0635. The average molecular weight is 292 g/mol. The first kappa shape index (κ1) is 14.9. The van der Waals surface area contributed by atoms with Gasteiger partial charge in [-0.05, 0) is 32.9 Å². The summed E-state index contributed by atoms with van der Waals surface area (Å²) >= 11 is 11.8. The zero-order valence-corrected chi connectivity index (χ0v) is 12.1. The Kier molecular flexibility index (Phi) is 4.71. The van der Waals surface area contributed by atoms with Crippen molar-refractivity contribution in [3.63, 3.8) is 0 Å². The molecule has 0 bridgehead atoms. The van der Waals surface area contributed by atoms with Crippen LogP contribution in [0.3, 0.4) is 0 Å². The van der Waals surface area contributed by atoms with Crippen LogP contribution < -0.4 is 10.1 Å². The van der Waals surface area contributed by atoms with Gasteiger partial charge in [-0.25, -0.2) is 4.79 Å². The third-order valence-electron chi connectivity index (χ3n) is 1.89. The van der Waals surface area contributed by atoms with Gasteiger partial charge in [0.25, 0.3) is 0 Å². The fourth-order valence-electron chi connectivity index (χ4n) is 1.24. The maximum Gasteiger partial charge on any atom is 0.412 e. The van der Waals surface area contributed by atoms with Crippen LogP contribution in [-0.2, 0) is 4.74 Å². The Balaban J connectivity index is 2.92. The van der Waals surface area contributed by atoms with Gasteiger partial charge in [-0.1, -0.05) is 23.2 Å². The van der Waals surface area contributed by atoms with E-state index in [0.29, 0.717) is 16.5 Å². The van der Waals surface area contributed by atoms with Gasteiger partial charge >= 0.3 is 6.09 Å². The first-order valence-electron chi connectivity index (χ1n) is 5.26. The molecular formula is C12H15Cl2NO3. The van der Waals surface area contributed by atoms with E-state index in [2.05, 4.69) is 5.32 Å². The van der Waals surface area contributed by atoms with Crippen molar-refractivity contribution in [2.24, 2.45) is 0 Å². The van der Waals surface area contributed by atoms with Crippen molar-refractivity contribution in [2.45, 2.75) is 26.4 Å². The lowest BCUT2D eigenvalue weighted by atomic mass is 10.2. The number of halogens is 2. The minimum absolute atomic E-state index is 0.243. The second-order valence-corrected chi connectivity index (χ2v) is 5.35. The third-order valence-corrected chi connectivity index (χ3v) is 2.68. The van der Waals surface area contributed by atoms with E-state index in [1.165, 1.54) is 7.11 Å². The van der Waals surface area contributed by atoms with Crippen molar-refractivity contribution in [1.29, 1.82) is 0 Å². The predicted molar refractivity (Wildman–Crippen MR) is 72.9 cm³/mol. The van der Waals surface area contributed by atoms with Crippen molar-refractivity contribution in [1.82, 2.24) is 0 Å². The van der Waals surface area contributed by atoms with Crippen LogP contribution >= 0.6 is 23.2 Å². The van der Waals surface area contributed by atoms with E-state index < -0.39 is 11.7 Å². The summed E-state index contributed by atoms with van der Waals surface area (Å²) < 4.78 is 10.2. The lowest BCUT2D eigenvalue weighted by Crippen LogP contribution is -2.27. The summed E-state index contributed by atoms with van der Waals surface area (Å²) in [6, 6.07) is 3.16. The van der Waals surface area contributed by atoms with Crippen LogP contribution in [0.5, 0.6) is 5.75 Å². The maximum atomic E-state index is 11.6. The van der Waals surface area contributed by atoms with Gasteiger partial charge in [0.2, 0.25) is 0 Å². The van der Waals surface area contributed by atoms with Crippen LogP contribution in [0.4, 0.5) is 10.5 Å².